The summed E-state index contributed by atoms with van der Waals surface area (Å²) in [7, 11) is 0. The van der Waals surface area contributed by atoms with Crippen molar-refractivity contribution in [1.29, 1.82) is 0 Å². The van der Waals surface area contributed by atoms with E-state index in [0.29, 0.717) is 0 Å². The minimum absolute atomic E-state index is 0.0405. The summed E-state index contributed by atoms with van der Waals surface area (Å²) < 4.78 is 5.03. The molecule has 1 unspecified atom stereocenters. The quantitative estimate of drug-likeness (QED) is 0.704. The van der Waals surface area contributed by atoms with Gasteiger partial charge in [-0.1, -0.05) is 30.3 Å². The number of cyclic esters (lactones) is 1. The first kappa shape index (κ1) is 9.97. The second kappa shape index (κ2) is 4.30. The molecule has 1 aliphatic heterocycles. The third kappa shape index (κ3) is 2.46. The molecular weight excluding hydrogens is 188 g/mol. The highest BCUT2D eigenvalue weighted by Crippen LogP contribution is 2.20. The number of ether oxygens (including phenoxy) is 1. The van der Waals surface area contributed by atoms with Gasteiger partial charge in [0.05, 0.1) is 0 Å². The van der Waals surface area contributed by atoms with Crippen LogP contribution in [0.5, 0.6) is 0 Å². The van der Waals surface area contributed by atoms with Crippen molar-refractivity contribution in [3.05, 3.63) is 47.5 Å². The van der Waals surface area contributed by atoms with Crippen LogP contribution in [-0.2, 0) is 16.0 Å². The van der Waals surface area contributed by atoms with Crippen LogP contribution in [0.3, 0.4) is 0 Å². The van der Waals surface area contributed by atoms with Crippen molar-refractivity contribution in [1.82, 2.24) is 0 Å². The number of hydrogen-bond donors (Lipinski definition) is 0. The van der Waals surface area contributed by atoms with Crippen LogP contribution in [-0.4, -0.2) is 12.1 Å². The summed E-state index contributed by atoms with van der Waals surface area (Å²) in [6.07, 6.45) is 3.44. The number of carbonyl (C=O) groups is 1. The van der Waals surface area contributed by atoms with Crippen molar-refractivity contribution < 1.29 is 9.53 Å². The number of hydrogen-bond acceptors (Lipinski definition) is 2. The maximum Gasteiger partial charge on any atom is 0.331 e. The van der Waals surface area contributed by atoms with E-state index in [9.17, 15) is 4.79 Å². The monoisotopic (exact) mass is 202 g/mol. The molecule has 0 spiro atoms. The van der Waals surface area contributed by atoms with Crippen molar-refractivity contribution in [2.24, 2.45) is 0 Å². The Morgan fingerprint density at radius 1 is 1.20 bits per heavy atom. The summed E-state index contributed by atoms with van der Waals surface area (Å²) in [4.78, 5) is 11.0. The van der Waals surface area contributed by atoms with E-state index in [1.54, 1.807) is 6.08 Å². The van der Waals surface area contributed by atoms with E-state index in [4.69, 9.17) is 4.74 Å². The Morgan fingerprint density at radius 2 is 1.93 bits per heavy atom. The fourth-order valence-corrected chi connectivity index (χ4v) is 1.76. The van der Waals surface area contributed by atoms with E-state index in [1.165, 1.54) is 5.56 Å². The van der Waals surface area contributed by atoms with Crippen molar-refractivity contribution in [2.75, 3.05) is 0 Å². The first-order valence-corrected chi connectivity index (χ1v) is 5.21. The zero-order chi connectivity index (χ0) is 10.7. The average molecular weight is 202 g/mol. The van der Waals surface area contributed by atoms with Gasteiger partial charge in [-0.15, -0.1) is 0 Å². The minimum atomic E-state index is -0.203. The lowest BCUT2D eigenvalue weighted by molar-refractivity contribution is -0.138. The Kier molecular flexibility index (Phi) is 2.86. The molecule has 0 aliphatic carbocycles. The first-order valence-electron chi connectivity index (χ1n) is 5.21. The van der Waals surface area contributed by atoms with Gasteiger partial charge in [-0.25, -0.2) is 4.79 Å². The van der Waals surface area contributed by atoms with Gasteiger partial charge < -0.3 is 4.74 Å². The second-order valence-corrected chi connectivity index (χ2v) is 3.78. The lowest BCUT2D eigenvalue weighted by Crippen LogP contribution is -2.06. The summed E-state index contributed by atoms with van der Waals surface area (Å²) in [6.45, 7) is 1.92. The Hall–Kier alpha value is -1.57. The molecule has 0 N–H and O–H groups in total. The average Bonchev–Trinajstić information content (AvgIpc) is 2.56. The Balaban J connectivity index is 1.94. The van der Waals surface area contributed by atoms with E-state index in [-0.39, 0.29) is 12.1 Å². The van der Waals surface area contributed by atoms with E-state index >= 15 is 0 Å². The van der Waals surface area contributed by atoms with Crippen molar-refractivity contribution in [3.63, 3.8) is 0 Å². The Bertz CT molecular complexity index is 379. The van der Waals surface area contributed by atoms with E-state index < -0.39 is 0 Å². The molecule has 1 heterocycles. The summed E-state index contributed by atoms with van der Waals surface area (Å²) in [5.74, 6) is -0.203. The Morgan fingerprint density at radius 3 is 2.53 bits per heavy atom. The van der Waals surface area contributed by atoms with Crippen molar-refractivity contribution >= 4 is 5.97 Å². The molecule has 0 fully saturated rings. The summed E-state index contributed by atoms with van der Waals surface area (Å²) in [6, 6.07) is 10.3. The van der Waals surface area contributed by atoms with Gasteiger partial charge in [0, 0.05) is 6.08 Å². The predicted octanol–water partition coefficient (Wildman–Crippen LogP) is 2.49. The van der Waals surface area contributed by atoms with Crippen LogP contribution in [0, 0.1) is 0 Å². The van der Waals surface area contributed by atoms with Crippen LogP contribution in [0.4, 0.5) is 0 Å². The Labute approximate surface area is 89.6 Å². The molecule has 0 saturated carbocycles. The summed E-state index contributed by atoms with van der Waals surface area (Å²) in [5, 5.41) is 0. The molecule has 2 nitrogen and oxygen atoms in total. The third-order valence-corrected chi connectivity index (χ3v) is 2.66. The molecular formula is C13H14O2. The lowest BCUT2D eigenvalue weighted by atomic mass is 10.0. The van der Waals surface area contributed by atoms with Gasteiger partial charge in [0.2, 0.25) is 0 Å². The second-order valence-electron chi connectivity index (χ2n) is 3.78. The van der Waals surface area contributed by atoms with Crippen molar-refractivity contribution in [2.45, 2.75) is 25.9 Å². The zero-order valence-electron chi connectivity index (χ0n) is 8.77. The van der Waals surface area contributed by atoms with Crippen LogP contribution in [0.25, 0.3) is 0 Å². The molecule has 2 rings (SSSR count). The zero-order valence-corrected chi connectivity index (χ0v) is 8.77. The molecule has 0 amide bonds. The molecule has 78 valence electrons. The predicted molar refractivity (Wildman–Crippen MR) is 58.4 cm³/mol. The van der Waals surface area contributed by atoms with Crippen LogP contribution in [0.2, 0.25) is 0 Å². The molecule has 0 aromatic heterocycles. The molecule has 1 aromatic rings. The normalized spacial score (nSPS) is 19.9. The number of benzene rings is 1. The fraction of sp³-hybridized carbons (Fsp3) is 0.308. The smallest absolute Gasteiger partial charge is 0.331 e. The van der Waals surface area contributed by atoms with Crippen LogP contribution < -0.4 is 0 Å². The molecule has 0 saturated heterocycles. The molecule has 0 radical (unpaired) electrons. The summed E-state index contributed by atoms with van der Waals surface area (Å²) in [5.41, 5.74) is 2.40. The minimum Gasteiger partial charge on any atom is -0.455 e. The van der Waals surface area contributed by atoms with Crippen LogP contribution in [0.1, 0.15) is 18.9 Å². The van der Waals surface area contributed by atoms with Gasteiger partial charge in [0.15, 0.2) is 0 Å². The topological polar surface area (TPSA) is 26.3 Å². The van der Waals surface area contributed by atoms with E-state index in [1.807, 2.05) is 25.1 Å². The first-order chi connectivity index (χ1) is 7.25. The highest BCUT2D eigenvalue weighted by molar-refractivity contribution is 5.85. The number of aryl methyl sites for hydroxylation is 1. The number of esters is 1. The largest absolute Gasteiger partial charge is 0.455 e. The van der Waals surface area contributed by atoms with E-state index in [2.05, 4.69) is 12.1 Å². The van der Waals surface area contributed by atoms with Gasteiger partial charge in [-0.3, -0.25) is 0 Å². The molecule has 1 aliphatic rings. The maximum atomic E-state index is 11.0. The highest BCUT2D eigenvalue weighted by Gasteiger charge is 2.20. The van der Waals surface area contributed by atoms with Crippen LogP contribution >= 0.6 is 0 Å². The van der Waals surface area contributed by atoms with Gasteiger partial charge in [-0.2, -0.15) is 0 Å². The van der Waals surface area contributed by atoms with Crippen LogP contribution in [0.15, 0.2) is 42.0 Å². The number of rotatable bonds is 3. The summed E-state index contributed by atoms with van der Waals surface area (Å²) >= 11 is 0. The van der Waals surface area contributed by atoms with Gasteiger partial charge in [-0.05, 0) is 30.9 Å². The number of carbonyl (C=O) groups excluding carboxylic acids is 1. The fourth-order valence-electron chi connectivity index (χ4n) is 1.76. The third-order valence-electron chi connectivity index (χ3n) is 2.66. The van der Waals surface area contributed by atoms with Crippen molar-refractivity contribution in [3.8, 4) is 0 Å². The molecule has 2 heteroatoms. The molecule has 15 heavy (non-hydrogen) atoms. The van der Waals surface area contributed by atoms with Gasteiger partial charge in [0.25, 0.3) is 0 Å². The molecule has 1 aromatic carbocycles. The molecule has 0 bridgehead atoms. The van der Waals surface area contributed by atoms with Gasteiger partial charge >= 0.3 is 5.97 Å². The maximum absolute atomic E-state index is 11.0. The van der Waals surface area contributed by atoms with E-state index in [0.717, 1.165) is 18.4 Å². The molecule has 1 atom stereocenters. The standard InChI is InChI=1S/C13H14O2/c1-10-12(9-13(14)15-10)8-7-11-5-3-2-4-6-11/h2-6,9-10H,7-8H2,1H3. The SMILES string of the molecule is CC1OC(=O)C=C1CCc1ccccc1. The lowest BCUT2D eigenvalue weighted by Gasteiger charge is -2.08. The van der Waals surface area contributed by atoms with Gasteiger partial charge in [0.1, 0.15) is 6.10 Å². The highest BCUT2D eigenvalue weighted by atomic mass is 16.5.